The SMILES string of the molecule is CC(C)c1cccc(C(C)C)c1-n1c(-c2ccccc2)cc2ccccc21. The Hall–Kier alpha value is -2.80. The number of para-hydroxylation sites is 2. The first-order chi connectivity index (χ1) is 13.1. The summed E-state index contributed by atoms with van der Waals surface area (Å²) in [5.74, 6) is 0.923. The second-order valence-electron chi connectivity index (χ2n) is 7.88. The van der Waals surface area contributed by atoms with Crippen LogP contribution in [-0.4, -0.2) is 4.57 Å². The first-order valence-corrected chi connectivity index (χ1v) is 9.87. The van der Waals surface area contributed by atoms with Crippen LogP contribution in [0.4, 0.5) is 0 Å². The number of rotatable bonds is 4. The van der Waals surface area contributed by atoms with Gasteiger partial charge in [0.25, 0.3) is 0 Å². The highest BCUT2D eigenvalue weighted by Gasteiger charge is 2.20. The van der Waals surface area contributed by atoms with Crippen LogP contribution in [0, 0.1) is 0 Å². The maximum Gasteiger partial charge on any atom is 0.0541 e. The lowest BCUT2D eigenvalue weighted by molar-refractivity contribution is 0.812. The minimum atomic E-state index is 0.462. The summed E-state index contributed by atoms with van der Waals surface area (Å²) in [6.45, 7) is 9.15. The highest BCUT2D eigenvalue weighted by atomic mass is 15.0. The maximum atomic E-state index is 2.48. The number of hydrogen-bond acceptors (Lipinski definition) is 0. The highest BCUT2D eigenvalue weighted by molar-refractivity contribution is 5.90. The van der Waals surface area contributed by atoms with Crippen molar-refractivity contribution in [2.75, 3.05) is 0 Å². The largest absolute Gasteiger partial charge is 0.309 e. The van der Waals surface area contributed by atoms with Crippen molar-refractivity contribution < 1.29 is 0 Å². The van der Waals surface area contributed by atoms with Crippen molar-refractivity contribution in [3.8, 4) is 16.9 Å². The topological polar surface area (TPSA) is 4.93 Å². The summed E-state index contributed by atoms with van der Waals surface area (Å²) in [7, 11) is 0. The summed E-state index contributed by atoms with van der Waals surface area (Å²) in [5.41, 5.74) is 7.93. The van der Waals surface area contributed by atoms with Crippen LogP contribution in [0.5, 0.6) is 0 Å². The zero-order valence-electron chi connectivity index (χ0n) is 16.6. The van der Waals surface area contributed by atoms with Gasteiger partial charge in [-0.15, -0.1) is 0 Å². The zero-order chi connectivity index (χ0) is 19.0. The molecule has 0 aliphatic rings. The minimum absolute atomic E-state index is 0.462. The number of aromatic nitrogens is 1. The molecular weight excluding hydrogens is 326 g/mol. The predicted molar refractivity (Wildman–Crippen MR) is 117 cm³/mol. The average molecular weight is 354 g/mol. The van der Waals surface area contributed by atoms with E-state index < -0.39 is 0 Å². The molecule has 0 amide bonds. The third-order valence-electron chi connectivity index (χ3n) is 5.35. The smallest absolute Gasteiger partial charge is 0.0541 e. The van der Waals surface area contributed by atoms with Crippen molar-refractivity contribution in [2.24, 2.45) is 0 Å². The molecule has 27 heavy (non-hydrogen) atoms. The molecule has 0 saturated carbocycles. The molecule has 0 radical (unpaired) electrons. The Morgan fingerprint density at radius 2 is 1.22 bits per heavy atom. The van der Waals surface area contributed by atoms with Gasteiger partial charge in [-0.25, -0.2) is 0 Å². The van der Waals surface area contributed by atoms with E-state index in [1.807, 2.05) is 0 Å². The Morgan fingerprint density at radius 3 is 1.85 bits per heavy atom. The van der Waals surface area contributed by atoms with Crippen LogP contribution in [0.25, 0.3) is 27.8 Å². The molecule has 0 unspecified atom stereocenters. The van der Waals surface area contributed by atoms with Crippen molar-refractivity contribution in [1.82, 2.24) is 4.57 Å². The molecule has 1 heterocycles. The molecule has 1 aromatic heterocycles. The predicted octanol–water partition coefficient (Wildman–Crippen LogP) is 7.54. The van der Waals surface area contributed by atoms with Crippen LogP contribution in [0.15, 0.2) is 78.9 Å². The van der Waals surface area contributed by atoms with E-state index in [1.165, 1.54) is 39.0 Å². The van der Waals surface area contributed by atoms with E-state index in [4.69, 9.17) is 0 Å². The number of benzene rings is 3. The molecule has 136 valence electrons. The third-order valence-corrected chi connectivity index (χ3v) is 5.35. The van der Waals surface area contributed by atoms with E-state index in [2.05, 4.69) is 111 Å². The molecule has 3 aromatic carbocycles. The van der Waals surface area contributed by atoms with E-state index in [1.54, 1.807) is 0 Å². The van der Waals surface area contributed by atoms with Gasteiger partial charge in [-0.1, -0.05) is 94.4 Å². The normalized spacial score (nSPS) is 11.6. The lowest BCUT2D eigenvalue weighted by Gasteiger charge is -2.23. The van der Waals surface area contributed by atoms with Gasteiger partial charge < -0.3 is 4.57 Å². The Morgan fingerprint density at radius 1 is 0.630 bits per heavy atom. The average Bonchev–Trinajstić information content (AvgIpc) is 3.07. The van der Waals surface area contributed by atoms with Gasteiger partial charge in [0.1, 0.15) is 0 Å². The molecule has 4 aromatic rings. The summed E-state index contributed by atoms with van der Waals surface area (Å²) in [4.78, 5) is 0. The molecule has 0 bridgehead atoms. The van der Waals surface area contributed by atoms with Gasteiger partial charge in [0.15, 0.2) is 0 Å². The highest BCUT2D eigenvalue weighted by Crippen LogP contribution is 2.38. The lowest BCUT2D eigenvalue weighted by atomic mass is 9.92. The van der Waals surface area contributed by atoms with E-state index in [0.717, 1.165) is 0 Å². The van der Waals surface area contributed by atoms with Gasteiger partial charge in [0.05, 0.1) is 16.9 Å². The van der Waals surface area contributed by atoms with Crippen LogP contribution in [0.2, 0.25) is 0 Å². The van der Waals surface area contributed by atoms with E-state index in [9.17, 15) is 0 Å². The summed E-state index contributed by atoms with van der Waals surface area (Å²) in [6, 6.07) is 28.6. The third kappa shape index (κ3) is 3.08. The molecule has 1 nitrogen and oxygen atoms in total. The van der Waals surface area contributed by atoms with E-state index in [-0.39, 0.29) is 0 Å². The molecule has 4 rings (SSSR count). The quantitative estimate of drug-likeness (QED) is 0.357. The summed E-state index contributed by atoms with van der Waals surface area (Å²) < 4.78 is 2.48. The second kappa shape index (κ2) is 7.08. The molecule has 0 saturated heterocycles. The van der Waals surface area contributed by atoms with Crippen molar-refractivity contribution in [3.63, 3.8) is 0 Å². The zero-order valence-corrected chi connectivity index (χ0v) is 16.6. The lowest BCUT2D eigenvalue weighted by Crippen LogP contribution is -2.08. The summed E-state index contributed by atoms with van der Waals surface area (Å²) >= 11 is 0. The van der Waals surface area contributed by atoms with Gasteiger partial charge in [0.2, 0.25) is 0 Å². The summed E-state index contributed by atoms with van der Waals surface area (Å²) in [6.07, 6.45) is 0. The monoisotopic (exact) mass is 353 g/mol. The fourth-order valence-electron chi connectivity index (χ4n) is 3.99. The molecule has 1 heteroatoms. The molecule has 0 aliphatic heterocycles. The van der Waals surface area contributed by atoms with Crippen molar-refractivity contribution in [1.29, 1.82) is 0 Å². The number of fused-ring (bicyclic) bond motifs is 1. The Bertz CT molecular complexity index is 1040. The van der Waals surface area contributed by atoms with Crippen molar-refractivity contribution in [3.05, 3.63) is 90.0 Å². The Balaban J connectivity index is 2.14. The van der Waals surface area contributed by atoms with Crippen LogP contribution >= 0.6 is 0 Å². The van der Waals surface area contributed by atoms with E-state index >= 15 is 0 Å². The molecule has 0 spiro atoms. The fourth-order valence-corrected chi connectivity index (χ4v) is 3.99. The first-order valence-electron chi connectivity index (χ1n) is 9.87. The first kappa shape index (κ1) is 17.6. The Labute approximate surface area is 162 Å². The summed E-state index contributed by atoms with van der Waals surface area (Å²) in [5, 5.41) is 1.28. The molecule has 0 fully saturated rings. The second-order valence-corrected chi connectivity index (χ2v) is 7.88. The Kier molecular flexibility index (Phi) is 4.61. The standard InChI is InChI=1S/C26H27N/c1-18(2)22-14-10-15-23(19(3)4)26(22)27-24-16-9-8-13-21(24)17-25(27)20-11-6-5-7-12-20/h5-19H,1-4H3. The number of nitrogens with zero attached hydrogens (tertiary/aromatic N) is 1. The van der Waals surface area contributed by atoms with Gasteiger partial charge in [-0.3, -0.25) is 0 Å². The van der Waals surface area contributed by atoms with Gasteiger partial charge in [-0.2, -0.15) is 0 Å². The molecular formula is C26H27N. The van der Waals surface area contributed by atoms with E-state index in [0.29, 0.717) is 11.8 Å². The molecule has 0 atom stereocenters. The van der Waals surface area contributed by atoms with Crippen LogP contribution in [-0.2, 0) is 0 Å². The van der Waals surface area contributed by atoms with Crippen molar-refractivity contribution in [2.45, 2.75) is 39.5 Å². The van der Waals surface area contributed by atoms with Gasteiger partial charge >= 0.3 is 0 Å². The van der Waals surface area contributed by atoms with Crippen molar-refractivity contribution >= 4 is 10.9 Å². The number of hydrogen-bond donors (Lipinski definition) is 0. The minimum Gasteiger partial charge on any atom is -0.309 e. The maximum absolute atomic E-state index is 2.48. The van der Waals surface area contributed by atoms with Gasteiger partial charge in [0, 0.05) is 5.39 Å². The molecule has 0 N–H and O–H groups in total. The van der Waals surface area contributed by atoms with Gasteiger partial charge in [-0.05, 0) is 40.7 Å². The van der Waals surface area contributed by atoms with Crippen LogP contribution in [0.3, 0.4) is 0 Å². The van der Waals surface area contributed by atoms with Crippen LogP contribution in [0.1, 0.15) is 50.7 Å². The fraction of sp³-hybridized carbons (Fsp3) is 0.231. The molecule has 0 aliphatic carbocycles. The van der Waals surface area contributed by atoms with Crippen LogP contribution < -0.4 is 0 Å².